The third kappa shape index (κ3) is 4.47. The molecule has 3 fully saturated rings. The highest BCUT2D eigenvalue weighted by molar-refractivity contribution is 9.10. The highest BCUT2D eigenvalue weighted by atomic mass is 79.9. The van der Waals surface area contributed by atoms with Gasteiger partial charge in [0, 0.05) is 4.47 Å². The van der Waals surface area contributed by atoms with E-state index in [0.717, 1.165) is 4.47 Å². The Morgan fingerprint density at radius 1 is 1.00 bits per heavy atom. The van der Waals surface area contributed by atoms with Crippen LogP contribution in [0.5, 0.6) is 0 Å². The predicted molar refractivity (Wildman–Crippen MR) is 115 cm³/mol. The summed E-state index contributed by atoms with van der Waals surface area (Å²) < 4.78 is 30.5. The van der Waals surface area contributed by atoms with Crippen LogP contribution in [0.3, 0.4) is 0 Å². The van der Waals surface area contributed by atoms with E-state index in [1.807, 2.05) is 39.8 Å². The molecule has 0 radical (unpaired) electrons. The molecule has 8 heteroatoms. The number of esters is 1. The normalized spacial score (nSPS) is 37.2. The summed E-state index contributed by atoms with van der Waals surface area (Å²) in [4.78, 5) is 24.4. The van der Waals surface area contributed by atoms with Crippen LogP contribution in [-0.4, -0.2) is 53.8 Å². The van der Waals surface area contributed by atoms with E-state index in [0.29, 0.717) is 31.2 Å². The average molecular weight is 497 g/mol. The Bertz CT molecular complexity index is 854. The van der Waals surface area contributed by atoms with Crippen LogP contribution in [0.15, 0.2) is 28.7 Å². The summed E-state index contributed by atoms with van der Waals surface area (Å²) in [6.45, 7) is 7.96. The van der Waals surface area contributed by atoms with Gasteiger partial charge in [-0.3, -0.25) is 0 Å². The lowest BCUT2D eigenvalue weighted by Crippen LogP contribution is -2.54. The van der Waals surface area contributed by atoms with Crippen molar-refractivity contribution in [3.8, 4) is 0 Å². The number of hydrogen-bond donors (Lipinski definition) is 0. The Hall–Kier alpha value is -1.64. The predicted octanol–water partition coefficient (Wildman–Crippen LogP) is 4.80. The van der Waals surface area contributed by atoms with Crippen molar-refractivity contribution in [3.63, 3.8) is 0 Å². The van der Waals surface area contributed by atoms with Crippen LogP contribution in [0.2, 0.25) is 0 Å². The Labute approximate surface area is 190 Å². The number of fused-ring (bicyclic) bond motifs is 2. The van der Waals surface area contributed by atoms with E-state index < -0.39 is 29.1 Å². The molecule has 5 unspecified atom stereocenters. The first-order valence-corrected chi connectivity index (χ1v) is 11.5. The molecule has 0 spiro atoms. The molecule has 31 heavy (non-hydrogen) atoms. The molecule has 7 nitrogen and oxygen atoms in total. The molecule has 3 heterocycles. The number of hydrogen-bond acceptors (Lipinski definition) is 7. The maximum atomic E-state index is 12.7. The molecular weight excluding hydrogens is 468 g/mol. The SMILES string of the molecule is CC1(C)OC2CCC3(C)OC(=O)OCC3OC2(C)CCC1OC(=O)c1ccc(Br)cc1. The van der Waals surface area contributed by atoms with E-state index in [9.17, 15) is 9.59 Å². The fourth-order valence-corrected chi connectivity index (χ4v) is 4.96. The summed E-state index contributed by atoms with van der Waals surface area (Å²) in [5.41, 5.74) is -1.57. The maximum Gasteiger partial charge on any atom is 0.509 e. The maximum absolute atomic E-state index is 12.7. The zero-order chi connectivity index (χ0) is 22.4. The quantitative estimate of drug-likeness (QED) is 0.544. The molecule has 1 aromatic rings. The van der Waals surface area contributed by atoms with Crippen LogP contribution >= 0.6 is 15.9 Å². The number of benzene rings is 1. The lowest BCUT2D eigenvalue weighted by Gasteiger charge is -2.42. The minimum absolute atomic E-state index is 0.156. The number of carbonyl (C=O) groups is 2. The Balaban J connectivity index is 1.52. The topological polar surface area (TPSA) is 80.3 Å². The van der Waals surface area contributed by atoms with Crippen LogP contribution in [0, 0.1) is 0 Å². The first kappa shape index (κ1) is 22.6. The summed E-state index contributed by atoms with van der Waals surface area (Å²) in [6, 6.07) is 7.09. The van der Waals surface area contributed by atoms with Crippen molar-refractivity contribution in [2.45, 2.75) is 88.5 Å². The van der Waals surface area contributed by atoms with E-state index in [1.165, 1.54) is 0 Å². The van der Waals surface area contributed by atoms with Crippen LogP contribution in [0.1, 0.15) is 63.7 Å². The van der Waals surface area contributed by atoms with E-state index in [1.54, 1.807) is 12.1 Å². The summed E-state index contributed by atoms with van der Waals surface area (Å²) >= 11 is 3.38. The van der Waals surface area contributed by atoms with E-state index in [2.05, 4.69) is 15.9 Å². The molecule has 3 saturated heterocycles. The molecule has 170 valence electrons. The summed E-state index contributed by atoms with van der Waals surface area (Å²) in [5.74, 6) is -0.373. The molecule has 0 aromatic heterocycles. The molecule has 0 aliphatic carbocycles. The second-order valence-electron chi connectivity index (χ2n) is 9.58. The van der Waals surface area contributed by atoms with Crippen LogP contribution in [0.25, 0.3) is 0 Å². The molecule has 3 aliphatic heterocycles. The smallest absolute Gasteiger partial charge is 0.456 e. The average Bonchev–Trinajstić information content (AvgIpc) is 2.85. The van der Waals surface area contributed by atoms with Gasteiger partial charge in [0.2, 0.25) is 0 Å². The van der Waals surface area contributed by atoms with Gasteiger partial charge in [-0.25, -0.2) is 9.59 Å². The number of cyclic esters (lactones) is 1. The molecule has 0 saturated carbocycles. The summed E-state index contributed by atoms with van der Waals surface area (Å²) in [7, 11) is 0. The molecule has 1 aromatic carbocycles. The Kier molecular flexibility index (Phi) is 5.85. The van der Waals surface area contributed by atoms with Crippen LogP contribution < -0.4 is 0 Å². The van der Waals surface area contributed by atoms with Gasteiger partial charge in [0.25, 0.3) is 0 Å². The Morgan fingerprint density at radius 3 is 2.39 bits per heavy atom. The highest BCUT2D eigenvalue weighted by Gasteiger charge is 2.55. The minimum atomic E-state index is -0.745. The minimum Gasteiger partial charge on any atom is -0.456 e. The molecular formula is C23H29BrO7. The van der Waals surface area contributed by atoms with Gasteiger partial charge in [-0.15, -0.1) is 0 Å². The second kappa shape index (κ2) is 8.05. The molecule has 3 aliphatic rings. The van der Waals surface area contributed by atoms with Crippen molar-refractivity contribution in [2.24, 2.45) is 0 Å². The van der Waals surface area contributed by atoms with E-state index in [4.69, 9.17) is 23.7 Å². The Morgan fingerprint density at radius 2 is 1.68 bits per heavy atom. The zero-order valence-corrected chi connectivity index (χ0v) is 19.9. The molecule has 0 amide bonds. The lowest BCUT2D eigenvalue weighted by atomic mass is 9.88. The number of rotatable bonds is 2. The fourth-order valence-electron chi connectivity index (χ4n) is 4.70. The van der Waals surface area contributed by atoms with Crippen molar-refractivity contribution in [1.29, 1.82) is 0 Å². The van der Waals surface area contributed by atoms with Crippen LogP contribution in [0.4, 0.5) is 4.79 Å². The molecule has 0 bridgehead atoms. The van der Waals surface area contributed by atoms with Gasteiger partial charge in [-0.05, 0) is 77.6 Å². The highest BCUT2D eigenvalue weighted by Crippen LogP contribution is 2.45. The molecule has 4 rings (SSSR count). The lowest BCUT2D eigenvalue weighted by molar-refractivity contribution is -0.228. The number of ether oxygens (including phenoxy) is 5. The summed E-state index contributed by atoms with van der Waals surface area (Å²) in [6.07, 6.45) is 0.791. The van der Waals surface area contributed by atoms with Gasteiger partial charge in [0.1, 0.15) is 24.4 Å². The van der Waals surface area contributed by atoms with Gasteiger partial charge in [-0.2, -0.15) is 0 Å². The largest absolute Gasteiger partial charge is 0.509 e. The van der Waals surface area contributed by atoms with Gasteiger partial charge < -0.3 is 23.7 Å². The molecule has 5 atom stereocenters. The second-order valence-corrected chi connectivity index (χ2v) is 10.5. The zero-order valence-electron chi connectivity index (χ0n) is 18.3. The van der Waals surface area contributed by atoms with E-state index >= 15 is 0 Å². The van der Waals surface area contributed by atoms with Crippen LogP contribution in [-0.2, 0) is 23.7 Å². The van der Waals surface area contributed by atoms with Gasteiger partial charge in [0.05, 0.1) is 22.9 Å². The third-order valence-electron chi connectivity index (χ3n) is 6.80. The van der Waals surface area contributed by atoms with Crippen molar-refractivity contribution in [1.82, 2.24) is 0 Å². The van der Waals surface area contributed by atoms with Gasteiger partial charge in [-0.1, -0.05) is 15.9 Å². The first-order chi connectivity index (χ1) is 14.5. The van der Waals surface area contributed by atoms with Crippen molar-refractivity contribution in [3.05, 3.63) is 34.3 Å². The van der Waals surface area contributed by atoms with Crippen molar-refractivity contribution < 1.29 is 33.3 Å². The first-order valence-electron chi connectivity index (χ1n) is 10.7. The monoisotopic (exact) mass is 496 g/mol. The number of carbonyl (C=O) groups excluding carboxylic acids is 2. The standard InChI is InChI=1S/C23H29BrO7/c1-21(2)16(28-19(25)14-5-7-15(24)8-6-14)9-11-22(3)17(29-21)10-12-23(4)18(30-22)13-27-20(26)31-23/h5-8,16-18H,9-13H2,1-4H3. The van der Waals surface area contributed by atoms with Gasteiger partial charge >= 0.3 is 12.1 Å². The third-order valence-corrected chi connectivity index (χ3v) is 7.33. The van der Waals surface area contributed by atoms with Crippen molar-refractivity contribution >= 4 is 28.1 Å². The number of halogens is 1. The van der Waals surface area contributed by atoms with Gasteiger partial charge in [0.15, 0.2) is 0 Å². The fraction of sp³-hybridized carbons (Fsp3) is 0.652. The summed E-state index contributed by atoms with van der Waals surface area (Å²) in [5, 5.41) is 0. The van der Waals surface area contributed by atoms with Crippen molar-refractivity contribution in [2.75, 3.05) is 6.61 Å². The van der Waals surface area contributed by atoms with E-state index in [-0.39, 0.29) is 24.8 Å². The molecule has 0 N–H and O–H groups in total.